The number of aryl methyl sites for hydroxylation is 1. The number of nitrogens with one attached hydrogen (secondary N) is 2. The van der Waals surface area contributed by atoms with Gasteiger partial charge in [-0.25, -0.2) is 9.67 Å². The van der Waals surface area contributed by atoms with E-state index in [0.717, 1.165) is 61.2 Å². The standard InChI is InChI=1S/C27H28N6O4S/c1-19-16-22(37-15-12-32-10-13-36-14-11-32)6-7-23(19)31-27(35)25-9-8-24(38-25)26(34)30-20-2-4-21(5-3-20)33-18-28-17-29-33/h2-9,16-18H,10-15H2,1H3,(H,30,34)(H,31,35). The van der Waals surface area contributed by atoms with Crippen LogP contribution < -0.4 is 15.4 Å². The first-order valence-electron chi connectivity index (χ1n) is 12.3. The summed E-state index contributed by atoms with van der Waals surface area (Å²) >= 11 is 1.14. The van der Waals surface area contributed by atoms with Gasteiger partial charge in [0.2, 0.25) is 0 Å². The topological polar surface area (TPSA) is 111 Å². The molecule has 11 heteroatoms. The molecule has 2 amide bonds. The van der Waals surface area contributed by atoms with Gasteiger partial charge in [-0.3, -0.25) is 14.5 Å². The average molecular weight is 533 g/mol. The maximum Gasteiger partial charge on any atom is 0.265 e. The van der Waals surface area contributed by atoms with Crippen LogP contribution in [0.4, 0.5) is 11.4 Å². The van der Waals surface area contributed by atoms with Gasteiger partial charge in [-0.05, 0) is 67.1 Å². The lowest BCUT2D eigenvalue weighted by atomic mass is 10.2. The molecule has 4 aromatic rings. The van der Waals surface area contributed by atoms with Gasteiger partial charge in [-0.1, -0.05) is 0 Å². The SMILES string of the molecule is Cc1cc(OCCN2CCOCC2)ccc1NC(=O)c1ccc(C(=O)Nc2ccc(-n3cncn3)cc2)s1. The van der Waals surface area contributed by atoms with Crippen molar-refractivity contribution in [3.63, 3.8) is 0 Å². The van der Waals surface area contributed by atoms with Crippen LogP contribution in [0.2, 0.25) is 0 Å². The summed E-state index contributed by atoms with van der Waals surface area (Å²) < 4.78 is 12.9. The molecule has 0 aliphatic carbocycles. The van der Waals surface area contributed by atoms with Gasteiger partial charge >= 0.3 is 0 Å². The summed E-state index contributed by atoms with van der Waals surface area (Å²) in [7, 11) is 0. The van der Waals surface area contributed by atoms with Crippen molar-refractivity contribution in [3.8, 4) is 11.4 Å². The number of amides is 2. The molecule has 38 heavy (non-hydrogen) atoms. The van der Waals surface area contributed by atoms with Gasteiger partial charge in [0, 0.05) is 31.0 Å². The summed E-state index contributed by atoms with van der Waals surface area (Å²) in [4.78, 5) is 32.7. The Hall–Kier alpha value is -4.06. The minimum atomic E-state index is -0.280. The van der Waals surface area contributed by atoms with Crippen molar-refractivity contribution >= 4 is 34.5 Å². The highest BCUT2D eigenvalue weighted by molar-refractivity contribution is 7.16. The number of nitrogens with zero attached hydrogens (tertiary/aromatic N) is 4. The first-order valence-corrected chi connectivity index (χ1v) is 13.1. The molecule has 10 nitrogen and oxygen atoms in total. The molecule has 2 N–H and O–H groups in total. The molecule has 2 aromatic heterocycles. The summed E-state index contributed by atoms with van der Waals surface area (Å²) in [6.07, 6.45) is 3.06. The van der Waals surface area contributed by atoms with Crippen molar-refractivity contribution in [1.29, 1.82) is 0 Å². The largest absolute Gasteiger partial charge is 0.492 e. The number of hydrogen-bond acceptors (Lipinski definition) is 8. The third-order valence-electron chi connectivity index (χ3n) is 6.09. The summed E-state index contributed by atoms with van der Waals surface area (Å²) in [6, 6.07) is 16.1. The number of morpholine rings is 1. The lowest BCUT2D eigenvalue weighted by molar-refractivity contribution is 0.0322. The van der Waals surface area contributed by atoms with E-state index >= 15 is 0 Å². The summed E-state index contributed by atoms with van der Waals surface area (Å²) in [5.74, 6) is 0.214. The van der Waals surface area contributed by atoms with Crippen LogP contribution in [0.3, 0.4) is 0 Å². The van der Waals surface area contributed by atoms with E-state index in [4.69, 9.17) is 9.47 Å². The van der Waals surface area contributed by atoms with E-state index < -0.39 is 0 Å². The number of hydrogen-bond donors (Lipinski definition) is 2. The molecule has 2 aromatic carbocycles. The van der Waals surface area contributed by atoms with Crippen LogP contribution in [0, 0.1) is 6.92 Å². The quantitative estimate of drug-likeness (QED) is 0.337. The van der Waals surface area contributed by atoms with E-state index in [-0.39, 0.29) is 11.8 Å². The molecule has 196 valence electrons. The first kappa shape index (κ1) is 25.6. The fourth-order valence-electron chi connectivity index (χ4n) is 3.98. The highest BCUT2D eigenvalue weighted by atomic mass is 32.1. The van der Waals surface area contributed by atoms with Crippen molar-refractivity contribution in [2.24, 2.45) is 0 Å². The minimum Gasteiger partial charge on any atom is -0.492 e. The number of aromatic nitrogens is 3. The predicted octanol–water partition coefficient (Wildman–Crippen LogP) is 3.85. The normalized spacial score (nSPS) is 13.7. The Morgan fingerprint density at radius 3 is 2.42 bits per heavy atom. The second kappa shape index (κ2) is 12.0. The number of carbonyl (C=O) groups is 2. The van der Waals surface area contributed by atoms with E-state index in [2.05, 4.69) is 25.6 Å². The van der Waals surface area contributed by atoms with E-state index in [0.29, 0.717) is 27.7 Å². The highest BCUT2D eigenvalue weighted by Gasteiger charge is 2.16. The van der Waals surface area contributed by atoms with Crippen LogP contribution in [0.1, 0.15) is 24.9 Å². The minimum absolute atomic E-state index is 0.268. The van der Waals surface area contributed by atoms with Crippen LogP contribution in [0.25, 0.3) is 5.69 Å². The van der Waals surface area contributed by atoms with Gasteiger partial charge in [0.15, 0.2) is 0 Å². The number of anilines is 2. The molecule has 3 heterocycles. The zero-order valence-corrected chi connectivity index (χ0v) is 21.7. The van der Waals surface area contributed by atoms with Crippen LogP contribution in [0.15, 0.2) is 67.3 Å². The number of thiophene rings is 1. The van der Waals surface area contributed by atoms with E-state index in [1.807, 2.05) is 37.3 Å². The molecular weight excluding hydrogens is 504 g/mol. The smallest absolute Gasteiger partial charge is 0.265 e. The van der Waals surface area contributed by atoms with Gasteiger partial charge in [-0.2, -0.15) is 5.10 Å². The molecule has 0 unspecified atom stereocenters. The van der Waals surface area contributed by atoms with E-state index in [9.17, 15) is 9.59 Å². The molecule has 1 saturated heterocycles. The third kappa shape index (κ3) is 6.43. The lowest BCUT2D eigenvalue weighted by Gasteiger charge is -2.26. The molecule has 0 atom stereocenters. The van der Waals surface area contributed by atoms with Gasteiger partial charge in [0.25, 0.3) is 11.8 Å². The Morgan fingerprint density at radius 1 is 1.00 bits per heavy atom. The number of carbonyl (C=O) groups excluding carboxylic acids is 2. The molecule has 0 bridgehead atoms. The van der Waals surface area contributed by atoms with Crippen molar-refractivity contribution in [2.75, 3.05) is 50.1 Å². The van der Waals surface area contributed by atoms with Crippen molar-refractivity contribution < 1.29 is 19.1 Å². The highest BCUT2D eigenvalue weighted by Crippen LogP contribution is 2.24. The van der Waals surface area contributed by atoms with Crippen LogP contribution >= 0.6 is 11.3 Å². The van der Waals surface area contributed by atoms with Gasteiger partial charge in [0.1, 0.15) is 25.0 Å². The second-order valence-corrected chi connectivity index (χ2v) is 9.82. The Morgan fingerprint density at radius 2 is 1.74 bits per heavy atom. The summed E-state index contributed by atoms with van der Waals surface area (Å²) in [5.41, 5.74) is 3.06. The van der Waals surface area contributed by atoms with Crippen LogP contribution in [0.5, 0.6) is 5.75 Å². The Bertz CT molecular complexity index is 1380. The number of ether oxygens (including phenoxy) is 2. The fraction of sp³-hybridized carbons (Fsp3) is 0.259. The van der Waals surface area contributed by atoms with Gasteiger partial charge in [0.05, 0.1) is 28.7 Å². The van der Waals surface area contributed by atoms with Crippen molar-refractivity contribution in [3.05, 3.63) is 82.6 Å². The Labute approximate surface area is 224 Å². The fourth-order valence-corrected chi connectivity index (χ4v) is 4.78. The number of benzene rings is 2. The summed E-state index contributed by atoms with van der Waals surface area (Å²) in [5, 5.41) is 9.87. The second-order valence-electron chi connectivity index (χ2n) is 8.74. The third-order valence-corrected chi connectivity index (χ3v) is 7.17. The van der Waals surface area contributed by atoms with Crippen molar-refractivity contribution in [2.45, 2.75) is 6.92 Å². The Balaban J connectivity index is 1.13. The van der Waals surface area contributed by atoms with E-state index in [1.165, 1.54) is 6.33 Å². The monoisotopic (exact) mass is 532 g/mol. The van der Waals surface area contributed by atoms with Gasteiger partial charge < -0.3 is 20.1 Å². The zero-order chi connectivity index (χ0) is 26.3. The maximum atomic E-state index is 12.8. The number of rotatable bonds is 9. The molecule has 1 fully saturated rings. The molecule has 0 spiro atoms. The predicted molar refractivity (Wildman–Crippen MR) is 146 cm³/mol. The van der Waals surface area contributed by atoms with Crippen molar-refractivity contribution in [1.82, 2.24) is 19.7 Å². The van der Waals surface area contributed by atoms with E-state index in [1.54, 1.807) is 35.3 Å². The lowest BCUT2D eigenvalue weighted by Crippen LogP contribution is -2.38. The zero-order valence-electron chi connectivity index (χ0n) is 20.9. The molecule has 0 radical (unpaired) electrons. The maximum absolute atomic E-state index is 12.8. The molecule has 1 aliphatic rings. The molecule has 0 saturated carbocycles. The Kier molecular flexibility index (Phi) is 8.07. The average Bonchev–Trinajstić information content (AvgIpc) is 3.65. The summed E-state index contributed by atoms with van der Waals surface area (Å²) in [6.45, 7) is 6.76. The van der Waals surface area contributed by atoms with Crippen LogP contribution in [-0.2, 0) is 4.74 Å². The molecule has 5 rings (SSSR count). The van der Waals surface area contributed by atoms with Gasteiger partial charge in [-0.15, -0.1) is 11.3 Å². The first-order chi connectivity index (χ1) is 18.5. The molecular formula is C27H28N6O4S. The molecule has 1 aliphatic heterocycles. The van der Waals surface area contributed by atoms with Crippen LogP contribution in [-0.4, -0.2) is 70.9 Å².